The van der Waals surface area contributed by atoms with Gasteiger partial charge in [0.2, 0.25) is 0 Å². The first-order chi connectivity index (χ1) is 8.49. The van der Waals surface area contributed by atoms with E-state index < -0.39 is 5.82 Å². The van der Waals surface area contributed by atoms with Gasteiger partial charge < -0.3 is 16.2 Å². The second-order valence-electron chi connectivity index (χ2n) is 3.33. The van der Waals surface area contributed by atoms with Crippen LogP contribution < -0.4 is 11.5 Å². The zero-order valence-corrected chi connectivity index (χ0v) is 10.5. The summed E-state index contributed by atoms with van der Waals surface area (Å²) >= 11 is 5.96. The van der Waals surface area contributed by atoms with Gasteiger partial charge in [0.05, 0.1) is 18.3 Å². The van der Waals surface area contributed by atoms with Crippen molar-refractivity contribution in [2.45, 2.75) is 0 Å². The van der Waals surface area contributed by atoms with E-state index in [1.165, 1.54) is 25.5 Å². The van der Waals surface area contributed by atoms with Crippen molar-refractivity contribution in [3.8, 4) is 0 Å². The number of ether oxygens (including phenoxy) is 1. The molecule has 0 aromatic carbocycles. The molecule has 0 saturated heterocycles. The molecule has 0 saturated carbocycles. The predicted octanol–water partition coefficient (Wildman–Crippen LogP) is 2.39. The van der Waals surface area contributed by atoms with Gasteiger partial charge in [-0.3, -0.25) is 0 Å². The van der Waals surface area contributed by atoms with E-state index in [2.05, 4.69) is 11.6 Å². The van der Waals surface area contributed by atoms with E-state index >= 15 is 0 Å². The highest BCUT2D eigenvalue weighted by molar-refractivity contribution is 6.37. The Morgan fingerprint density at radius 2 is 2.28 bits per heavy atom. The fraction of sp³-hybridized carbons (Fsp3) is 0.0833. The van der Waals surface area contributed by atoms with Crippen LogP contribution >= 0.6 is 11.6 Å². The Morgan fingerprint density at radius 1 is 1.61 bits per heavy atom. The quantitative estimate of drug-likeness (QED) is 0.650. The second-order valence-corrected chi connectivity index (χ2v) is 3.74. The SMILES string of the molecule is C=C(/C=C(\C(Cl)=C/N)c1cc(F)cnc1N)OC. The van der Waals surface area contributed by atoms with Crippen molar-refractivity contribution >= 4 is 23.0 Å². The van der Waals surface area contributed by atoms with Crippen molar-refractivity contribution in [2.24, 2.45) is 5.73 Å². The molecule has 0 unspecified atom stereocenters. The predicted molar refractivity (Wildman–Crippen MR) is 70.9 cm³/mol. The number of nitrogen functional groups attached to an aromatic ring is 1. The molecular weight excluding hydrogens is 257 g/mol. The van der Waals surface area contributed by atoms with Crippen molar-refractivity contribution < 1.29 is 9.13 Å². The molecular formula is C12H13ClFN3O. The standard InChI is InChI=1S/C12H13ClFN3O/c1-7(18-2)3-9(11(13)5-15)10-4-8(14)6-17-12(10)16/h3-6H,1,15H2,2H3,(H2,16,17)/b9-3-,11-5+. The molecule has 96 valence electrons. The number of aromatic nitrogens is 1. The molecule has 6 heteroatoms. The molecule has 1 heterocycles. The van der Waals surface area contributed by atoms with Gasteiger partial charge in [-0.2, -0.15) is 0 Å². The Hall–Kier alpha value is -2.01. The van der Waals surface area contributed by atoms with E-state index in [9.17, 15) is 4.39 Å². The lowest BCUT2D eigenvalue weighted by Crippen LogP contribution is -2.00. The molecule has 4 nitrogen and oxygen atoms in total. The van der Waals surface area contributed by atoms with Crippen molar-refractivity contribution in [3.05, 3.63) is 53.3 Å². The molecule has 0 radical (unpaired) electrons. The monoisotopic (exact) mass is 269 g/mol. The maximum absolute atomic E-state index is 13.2. The Bertz CT molecular complexity index is 526. The zero-order valence-electron chi connectivity index (χ0n) is 9.78. The van der Waals surface area contributed by atoms with Crippen LogP contribution in [-0.4, -0.2) is 12.1 Å². The number of nitrogens with zero attached hydrogens (tertiary/aromatic N) is 1. The molecule has 0 bridgehead atoms. The van der Waals surface area contributed by atoms with E-state index in [0.29, 0.717) is 16.9 Å². The number of halogens is 2. The molecule has 0 aliphatic rings. The highest BCUT2D eigenvalue weighted by Gasteiger charge is 2.12. The van der Waals surface area contributed by atoms with Crippen molar-refractivity contribution in [3.63, 3.8) is 0 Å². The van der Waals surface area contributed by atoms with Crippen molar-refractivity contribution in [2.75, 3.05) is 12.8 Å². The number of hydrogen-bond acceptors (Lipinski definition) is 4. The third-order valence-corrected chi connectivity index (χ3v) is 2.48. The summed E-state index contributed by atoms with van der Waals surface area (Å²) in [6.07, 6.45) is 3.68. The van der Waals surface area contributed by atoms with E-state index in [1.54, 1.807) is 0 Å². The maximum Gasteiger partial charge on any atom is 0.142 e. The minimum Gasteiger partial charge on any atom is -0.497 e. The molecule has 1 aromatic rings. The maximum atomic E-state index is 13.2. The smallest absolute Gasteiger partial charge is 0.142 e. The van der Waals surface area contributed by atoms with Crippen LogP contribution in [0.3, 0.4) is 0 Å². The normalized spacial score (nSPS) is 12.4. The molecule has 1 rings (SSSR count). The van der Waals surface area contributed by atoms with Crippen LogP contribution in [0.2, 0.25) is 0 Å². The van der Waals surface area contributed by atoms with Crippen LogP contribution in [0.25, 0.3) is 5.57 Å². The first kappa shape index (κ1) is 14.1. The summed E-state index contributed by atoms with van der Waals surface area (Å²) in [7, 11) is 1.45. The largest absolute Gasteiger partial charge is 0.497 e. The molecule has 18 heavy (non-hydrogen) atoms. The van der Waals surface area contributed by atoms with Crippen LogP contribution in [-0.2, 0) is 4.74 Å². The van der Waals surface area contributed by atoms with Crippen LogP contribution in [0.4, 0.5) is 10.2 Å². The molecule has 0 spiro atoms. The third-order valence-electron chi connectivity index (χ3n) is 2.15. The van der Waals surface area contributed by atoms with Gasteiger partial charge in [-0.1, -0.05) is 18.2 Å². The molecule has 0 amide bonds. The van der Waals surface area contributed by atoms with Gasteiger partial charge in [-0.15, -0.1) is 0 Å². The molecule has 0 aliphatic heterocycles. The Balaban J connectivity index is 3.40. The summed E-state index contributed by atoms with van der Waals surface area (Å²) < 4.78 is 18.1. The summed E-state index contributed by atoms with van der Waals surface area (Å²) in [6, 6.07) is 1.21. The molecule has 0 aliphatic carbocycles. The average Bonchev–Trinajstić information content (AvgIpc) is 2.37. The molecule has 0 atom stereocenters. The Kier molecular flexibility index (Phi) is 4.74. The van der Waals surface area contributed by atoms with Crippen LogP contribution in [0.5, 0.6) is 0 Å². The number of nitrogens with two attached hydrogens (primary N) is 2. The fourth-order valence-corrected chi connectivity index (χ4v) is 1.41. The minimum atomic E-state index is -0.533. The van der Waals surface area contributed by atoms with Gasteiger partial charge in [-0.05, 0) is 12.1 Å². The van der Waals surface area contributed by atoms with E-state index in [1.807, 2.05) is 0 Å². The Morgan fingerprint density at radius 3 is 2.83 bits per heavy atom. The summed E-state index contributed by atoms with van der Waals surface area (Å²) in [5, 5.41) is 0.187. The number of rotatable bonds is 4. The Labute approximate surface area is 109 Å². The van der Waals surface area contributed by atoms with E-state index in [4.69, 9.17) is 27.8 Å². The molecule has 4 N–H and O–H groups in total. The number of anilines is 1. The fourth-order valence-electron chi connectivity index (χ4n) is 1.25. The van der Waals surface area contributed by atoms with Gasteiger partial charge in [-0.25, -0.2) is 9.37 Å². The molecule has 1 aromatic heterocycles. The first-order valence-electron chi connectivity index (χ1n) is 4.93. The highest BCUT2D eigenvalue weighted by Crippen LogP contribution is 2.30. The number of methoxy groups -OCH3 is 1. The lowest BCUT2D eigenvalue weighted by atomic mass is 10.1. The summed E-state index contributed by atoms with van der Waals surface area (Å²) in [5.74, 6) is -0.0742. The van der Waals surface area contributed by atoms with Crippen molar-refractivity contribution in [1.29, 1.82) is 0 Å². The van der Waals surface area contributed by atoms with E-state index in [-0.39, 0.29) is 10.9 Å². The van der Waals surface area contributed by atoms with Gasteiger partial charge in [0.1, 0.15) is 17.4 Å². The van der Waals surface area contributed by atoms with Gasteiger partial charge in [0.25, 0.3) is 0 Å². The van der Waals surface area contributed by atoms with Gasteiger partial charge >= 0.3 is 0 Å². The zero-order chi connectivity index (χ0) is 13.7. The summed E-state index contributed by atoms with van der Waals surface area (Å²) in [4.78, 5) is 3.71. The van der Waals surface area contributed by atoms with Gasteiger partial charge in [0, 0.05) is 17.3 Å². The lowest BCUT2D eigenvalue weighted by Gasteiger charge is -2.10. The number of hydrogen-bond donors (Lipinski definition) is 2. The average molecular weight is 270 g/mol. The number of allylic oxidation sites excluding steroid dienone is 3. The minimum absolute atomic E-state index is 0.131. The van der Waals surface area contributed by atoms with Crippen LogP contribution in [0, 0.1) is 5.82 Å². The third kappa shape index (κ3) is 3.24. The van der Waals surface area contributed by atoms with E-state index in [0.717, 1.165) is 6.20 Å². The summed E-state index contributed by atoms with van der Waals surface area (Å²) in [6.45, 7) is 3.63. The summed E-state index contributed by atoms with van der Waals surface area (Å²) in [5.41, 5.74) is 11.7. The topological polar surface area (TPSA) is 74.2 Å². The first-order valence-corrected chi connectivity index (χ1v) is 5.31. The lowest BCUT2D eigenvalue weighted by molar-refractivity contribution is 0.309. The number of pyridine rings is 1. The van der Waals surface area contributed by atoms with Crippen LogP contribution in [0.1, 0.15) is 5.56 Å². The second kappa shape index (κ2) is 6.07. The highest BCUT2D eigenvalue weighted by atomic mass is 35.5. The van der Waals surface area contributed by atoms with Crippen LogP contribution in [0.15, 0.2) is 41.9 Å². The molecule has 0 fully saturated rings. The van der Waals surface area contributed by atoms with Gasteiger partial charge in [0.15, 0.2) is 0 Å². The van der Waals surface area contributed by atoms with Crippen molar-refractivity contribution in [1.82, 2.24) is 4.98 Å².